The average Bonchev–Trinajstić information content (AvgIpc) is 2.60. The molecule has 25 heavy (non-hydrogen) atoms. The summed E-state index contributed by atoms with van der Waals surface area (Å²) in [6, 6.07) is 9.46. The summed E-state index contributed by atoms with van der Waals surface area (Å²) in [5, 5.41) is 3.16. The van der Waals surface area contributed by atoms with Crippen LogP contribution >= 0.6 is 11.6 Å². The maximum Gasteiger partial charge on any atom is 0.244 e. The van der Waals surface area contributed by atoms with Gasteiger partial charge in [-0.15, -0.1) is 0 Å². The maximum atomic E-state index is 13.1. The average molecular weight is 364 g/mol. The van der Waals surface area contributed by atoms with E-state index in [0.29, 0.717) is 28.7 Å². The lowest BCUT2D eigenvalue weighted by atomic mass is 10.2. The Morgan fingerprint density at radius 2 is 2.12 bits per heavy atom. The van der Waals surface area contributed by atoms with Crippen molar-refractivity contribution >= 4 is 23.6 Å². The first-order chi connectivity index (χ1) is 12.0. The summed E-state index contributed by atoms with van der Waals surface area (Å²) < 4.78 is 23.8. The Morgan fingerprint density at radius 3 is 2.80 bits per heavy atom. The van der Waals surface area contributed by atoms with Crippen molar-refractivity contribution in [2.75, 3.05) is 13.7 Å². The number of carbonyl (C=O) groups is 1. The molecule has 1 N–H and O–H groups in total. The number of ether oxygens (including phenoxy) is 2. The van der Waals surface area contributed by atoms with E-state index in [1.165, 1.54) is 25.3 Å². The Morgan fingerprint density at radius 1 is 1.32 bits per heavy atom. The second-order valence-corrected chi connectivity index (χ2v) is 5.56. The molecule has 0 atom stereocenters. The van der Waals surface area contributed by atoms with Gasteiger partial charge in [0.05, 0.1) is 18.7 Å². The first-order valence-electron chi connectivity index (χ1n) is 7.74. The van der Waals surface area contributed by atoms with Crippen LogP contribution in [0.3, 0.4) is 0 Å². The zero-order chi connectivity index (χ0) is 18.2. The molecule has 0 radical (unpaired) electrons. The van der Waals surface area contributed by atoms with Crippen LogP contribution < -0.4 is 14.8 Å². The number of carbonyl (C=O) groups excluding carboxylic acids is 1. The number of nitrogens with one attached hydrogen (secondary N) is 1. The van der Waals surface area contributed by atoms with Crippen LogP contribution in [0.25, 0.3) is 6.08 Å². The zero-order valence-corrected chi connectivity index (χ0v) is 14.8. The standard InChI is InChI=1S/C19H19ClFNO3/c1-3-25-19-16(20)10-14(11-17(19)24-2)12-22-18(23)8-7-13-5-4-6-15(21)9-13/h4-11H,3,12H2,1-2H3,(H,22,23)/b8-7+. The van der Waals surface area contributed by atoms with Crippen molar-refractivity contribution in [2.45, 2.75) is 13.5 Å². The van der Waals surface area contributed by atoms with E-state index in [1.807, 2.05) is 6.92 Å². The summed E-state index contributed by atoms with van der Waals surface area (Å²) in [6.07, 6.45) is 2.90. The highest BCUT2D eigenvalue weighted by Gasteiger charge is 2.11. The summed E-state index contributed by atoms with van der Waals surface area (Å²) in [5.41, 5.74) is 1.39. The monoisotopic (exact) mass is 363 g/mol. The van der Waals surface area contributed by atoms with Gasteiger partial charge < -0.3 is 14.8 Å². The fraction of sp³-hybridized carbons (Fsp3) is 0.211. The van der Waals surface area contributed by atoms with E-state index in [-0.39, 0.29) is 18.3 Å². The molecule has 0 fully saturated rings. The molecule has 2 rings (SSSR count). The van der Waals surface area contributed by atoms with Gasteiger partial charge in [0.15, 0.2) is 11.5 Å². The number of hydrogen-bond donors (Lipinski definition) is 1. The van der Waals surface area contributed by atoms with Gasteiger partial charge in [0.1, 0.15) is 5.82 Å². The van der Waals surface area contributed by atoms with Crippen LogP contribution in [0.15, 0.2) is 42.5 Å². The van der Waals surface area contributed by atoms with Gasteiger partial charge in [-0.1, -0.05) is 23.7 Å². The van der Waals surface area contributed by atoms with Crippen LogP contribution in [0.4, 0.5) is 4.39 Å². The number of amides is 1. The van der Waals surface area contributed by atoms with Crippen LogP contribution in [0, 0.1) is 5.82 Å². The van der Waals surface area contributed by atoms with Crippen molar-refractivity contribution in [1.82, 2.24) is 5.32 Å². The highest BCUT2D eigenvalue weighted by molar-refractivity contribution is 6.32. The van der Waals surface area contributed by atoms with Gasteiger partial charge in [-0.25, -0.2) is 4.39 Å². The summed E-state index contributed by atoms with van der Waals surface area (Å²) in [5.74, 6) is 0.341. The molecule has 0 saturated heterocycles. The Bertz CT molecular complexity index is 777. The van der Waals surface area contributed by atoms with E-state index < -0.39 is 0 Å². The van der Waals surface area contributed by atoms with Crippen LogP contribution in [-0.4, -0.2) is 19.6 Å². The summed E-state index contributed by atoms with van der Waals surface area (Å²) >= 11 is 6.20. The first kappa shape index (κ1) is 18.8. The van der Waals surface area contributed by atoms with Crippen molar-refractivity contribution in [2.24, 2.45) is 0 Å². The Kier molecular flexibility index (Phi) is 6.83. The second kappa shape index (κ2) is 9.08. The number of benzene rings is 2. The predicted molar refractivity (Wildman–Crippen MR) is 96.5 cm³/mol. The minimum Gasteiger partial charge on any atom is -0.493 e. The van der Waals surface area contributed by atoms with Crippen molar-refractivity contribution in [3.63, 3.8) is 0 Å². The number of halogens is 2. The second-order valence-electron chi connectivity index (χ2n) is 5.15. The van der Waals surface area contributed by atoms with Crippen molar-refractivity contribution in [3.8, 4) is 11.5 Å². The minimum absolute atomic E-state index is 0.273. The largest absolute Gasteiger partial charge is 0.493 e. The van der Waals surface area contributed by atoms with E-state index >= 15 is 0 Å². The van der Waals surface area contributed by atoms with Crippen molar-refractivity contribution in [3.05, 3.63) is 64.4 Å². The molecule has 0 spiro atoms. The van der Waals surface area contributed by atoms with Gasteiger partial charge in [-0.3, -0.25) is 4.79 Å². The molecule has 0 aliphatic carbocycles. The minimum atomic E-state index is -0.348. The van der Waals surface area contributed by atoms with E-state index in [4.69, 9.17) is 21.1 Å². The molecule has 0 aromatic heterocycles. The molecule has 0 aliphatic heterocycles. The van der Waals surface area contributed by atoms with Crippen molar-refractivity contribution in [1.29, 1.82) is 0 Å². The summed E-state index contributed by atoms with van der Waals surface area (Å²) in [6.45, 7) is 2.60. The molecule has 2 aromatic rings. The highest BCUT2D eigenvalue weighted by atomic mass is 35.5. The Balaban J connectivity index is 2.00. The molecule has 6 heteroatoms. The van der Waals surface area contributed by atoms with Crippen LogP contribution in [0.2, 0.25) is 5.02 Å². The third kappa shape index (κ3) is 5.50. The van der Waals surface area contributed by atoms with E-state index in [0.717, 1.165) is 5.56 Å². The molecule has 2 aromatic carbocycles. The Hall–Kier alpha value is -2.53. The fourth-order valence-corrected chi connectivity index (χ4v) is 2.48. The molecule has 0 bridgehead atoms. The first-order valence-corrected chi connectivity index (χ1v) is 8.12. The number of methoxy groups -OCH3 is 1. The number of hydrogen-bond acceptors (Lipinski definition) is 3. The molecule has 132 valence electrons. The van der Waals surface area contributed by atoms with Gasteiger partial charge in [0.2, 0.25) is 5.91 Å². The molecule has 0 aliphatic rings. The smallest absolute Gasteiger partial charge is 0.244 e. The Labute approximate surface area is 151 Å². The summed E-state index contributed by atoms with van der Waals surface area (Å²) in [4.78, 5) is 11.9. The van der Waals surface area contributed by atoms with E-state index in [1.54, 1.807) is 30.3 Å². The molecule has 1 amide bonds. The number of rotatable bonds is 7. The van der Waals surface area contributed by atoms with Gasteiger partial charge in [0, 0.05) is 12.6 Å². The molecule has 0 unspecified atom stereocenters. The van der Waals surface area contributed by atoms with Crippen LogP contribution in [0.1, 0.15) is 18.1 Å². The van der Waals surface area contributed by atoms with Gasteiger partial charge in [-0.2, -0.15) is 0 Å². The van der Waals surface area contributed by atoms with Gasteiger partial charge >= 0.3 is 0 Å². The lowest BCUT2D eigenvalue weighted by Gasteiger charge is -2.13. The van der Waals surface area contributed by atoms with Gasteiger partial charge in [0.25, 0.3) is 0 Å². The quantitative estimate of drug-likeness (QED) is 0.749. The predicted octanol–water partition coefficient (Wildman–Crippen LogP) is 4.22. The molecular formula is C19H19ClFNO3. The van der Waals surface area contributed by atoms with E-state index in [2.05, 4.69) is 5.32 Å². The van der Waals surface area contributed by atoms with E-state index in [9.17, 15) is 9.18 Å². The normalized spacial score (nSPS) is 10.7. The third-order valence-electron chi connectivity index (χ3n) is 3.32. The molecular weight excluding hydrogens is 345 g/mol. The molecule has 0 saturated carbocycles. The summed E-state index contributed by atoms with van der Waals surface area (Å²) in [7, 11) is 1.53. The SMILES string of the molecule is CCOc1c(Cl)cc(CNC(=O)/C=C/c2cccc(F)c2)cc1OC. The zero-order valence-electron chi connectivity index (χ0n) is 14.0. The maximum absolute atomic E-state index is 13.1. The topological polar surface area (TPSA) is 47.6 Å². The van der Waals surface area contributed by atoms with Crippen molar-refractivity contribution < 1.29 is 18.7 Å². The highest BCUT2D eigenvalue weighted by Crippen LogP contribution is 2.36. The lowest BCUT2D eigenvalue weighted by molar-refractivity contribution is -0.116. The molecule has 0 heterocycles. The third-order valence-corrected chi connectivity index (χ3v) is 3.60. The fourth-order valence-electron chi connectivity index (χ4n) is 2.19. The van der Waals surface area contributed by atoms with Crippen LogP contribution in [-0.2, 0) is 11.3 Å². The van der Waals surface area contributed by atoms with Crippen LogP contribution in [0.5, 0.6) is 11.5 Å². The van der Waals surface area contributed by atoms with Gasteiger partial charge in [-0.05, 0) is 48.4 Å². The molecule has 4 nitrogen and oxygen atoms in total. The lowest BCUT2D eigenvalue weighted by Crippen LogP contribution is -2.20.